The van der Waals surface area contributed by atoms with Gasteiger partial charge in [-0.3, -0.25) is 0 Å². The molecule has 1 saturated heterocycles. The first-order chi connectivity index (χ1) is 7.91. The maximum absolute atomic E-state index is 11.1. The molecule has 5 heteroatoms. The normalized spacial score (nSPS) is 27.6. The molecule has 4 nitrogen and oxygen atoms in total. The third kappa shape index (κ3) is 3.66. The third-order valence-electron chi connectivity index (χ3n) is 4.33. The number of piperidine rings is 1. The second-order valence-corrected chi connectivity index (χ2v) is 8.17. The largest absolute Gasteiger partial charge is 0.317 e. The lowest BCUT2D eigenvalue weighted by atomic mass is 9.92. The molecule has 100 valence electrons. The highest BCUT2D eigenvalue weighted by atomic mass is 32.2. The van der Waals surface area contributed by atoms with Crippen molar-refractivity contribution in [1.29, 1.82) is 0 Å². The summed E-state index contributed by atoms with van der Waals surface area (Å²) in [5, 5.41) is 3.41. The Bertz CT molecular complexity index is 361. The smallest absolute Gasteiger partial charge is 0.148 e. The maximum Gasteiger partial charge on any atom is 0.148 e. The molecular weight excluding hydrogens is 236 g/mol. The van der Waals surface area contributed by atoms with Crippen LogP contribution in [0.2, 0.25) is 0 Å². The Hall–Kier alpha value is -0.130. The molecule has 2 aliphatic rings. The fourth-order valence-electron chi connectivity index (χ4n) is 3.02. The summed E-state index contributed by atoms with van der Waals surface area (Å²) in [5.41, 5.74) is 0.602. The minimum Gasteiger partial charge on any atom is -0.317 e. The van der Waals surface area contributed by atoms with Crippen molar-refractivity contribution in [2.24, 2.45) is 11.3 Å². The Kier molecular flexibility index (Phi) is 3.80. The Morgan fingerprint density at radius 3 is 2.59 bits per heavy atom. The zero-order chi connectivity index (χ0) is 12.5. The molecule has 2 fully saturated rings. The van der Waals surface area contributed by atoms with E-state index in [0.29, 0.717) is 12.0 Å². The molecule has 1 unspecified atom stereocenters. The minimum absolute atomic E-state index is 0.283. The Balaban J connectivity index is 1.72. The van der Waals surface area contributed by atoms with Crippen LogP contribution in [0.15, 0.2) is 0 Å². The first-order valence-corrected chi connectivity index (χ1v) is 8.54. The summed E-state index contributed by atoms with van der Waals surface area (Å²) in [5.74, 6) is 1.08. The van der Waals surface area contributed by atoms with E-state index in [9.17, 15) is 8.42 Å². The van der Waals surface area contributed by atoms with E-state index in [2.05, 4.69) is 10.2 Å². The van der Waals surface area contributed by atoms with E-state index >= 15 is 0 Å². The van der Waals surface area contributed by atoms with Gasteiger partial charge in [-0.05, 0) is 50.7 Å². The molecular formula is C12H24N2O2S. The van der Waals surface area contributed by atoms with Gasteiger partial charge in [0.1, 0.15) is 9.84 Å². The van der Waals surface area contributed by atoms with Gasteiger partial charge in [0, 0.05) is 19.3 Å². The van der Waals surface area contributed by atoms with Crippen molar-refractivity contribution < 1.29 is 8.42 Å². The van der Waals surface area contributed by atoms with Crippen LogP contribution < -0.4 is 5.32 Å². The van der Waals surface area contributed by atoms with Gasteiger partial charge in [0.15, 0.2) is 0 Å². The van der Waals surface area contributed by atoms with Crippen LogP contribution >= 0.6 is 0 Å². The van der Waals surface area contributed by atoms with E-state index in [-0.39, 0.29) is 5.75 Å². The van der Waals surface area contributed by atoms with Gasteiger partial charge in [-0.2, -0.15) is 0 Å². The molecule has 1 atom stereocenters. The molecule has 1 N–H and O–H groups in total. The van der Waals surface area contributed by atoms with Crippen LogP contribution in [0.1, 0.15) is 19.3 Å². The first kappa shape index (κ1) is 13.3. The quantitative estimate of drug-likeness (QED) is 0.775. The van der Waals surface area contributed by atoms with Crippen LogP contribution in [0.5, 0.6) is 0 Å². The molecule has 2 rings (SSSR count). The molecule has 17 heavy (non-hydrogen) atoms. The zero-order valence-corrected chi connectivity index (χ0v) is 11.7. The topological polar surface area (TPSA) is 49.4 Å². The van der Waals surface area contributed by atoms with E-state index in [4.69, 9.17) is 0 Å². The number of rotatable bonds is 5. The minimum atomic E-state index is -2.82. The van der Waals surface area contributed by atoms with Crippen LogP contribution in [0.25, 0.3) is 0 Å². The molecule has 0 aromatic rings. The van der Waals surface area contributed by atoms with Gasteiger partial charge in [0.2, 0.25) is 0 Å². The average Bonchev–Trinajstić information content (AvgIpc) is 2.88. The summed E-state index contributed by atoms with van der Waals surface area (Å²) in [7, 11) is -0.780. The highest BCUT2D eigenvalue weighted by Gasteiger charge is 2.53. The molecule has 0 radical (unpaired) electrons. The van der Waals surface area contributed by atoms with Crippen molar-refractivity contribution in [3.8, 4) is 0 Å². The maximum atomic E-state index is 11.1. The molecule has 0 aromatic heterocycles. The molecule has 1 aliphatic carbocycles. The van der Waals surface area contributed by atoms with E-state index in [1.807, 2.05) is 7.05 Å². The van der Waals surface area contributed by atoms with Gasteiger partial charge in [0.25, 0.3) is 0 Å². The Morgan fingerprint density at radius 2 is 2.00 bits per heavy atom. The van der Waals surface area contributed by atoms with E-state index in [1.165, 1.54) is 25.5 Å². The van der Waals surface area contributed by atoms with Crippen LogP contribution in [-0.4, -0.2) is 58.6 Å². The van der Waals surface area contributed by atoms with Crippen molar-refractivity contribution >= 4 is 9.84 Å². The number of hydrogen-bond donors (Lipinski definition) is 1. The van der Waals surface area contributed by atoms with Crippen molar-refractivity contribution in [2.45, 2.75) is 19.3 Å². The summed E-state index contributed by atoms with van der Waals surface area (Å²) in [6, 6.07) is 0. The fraction of sp³-hybridized carbons (Fsp3) is 1.00. The molecule has 1 aliphatic heterocycles. The standard InChI is InChI=1S/C12H24N2O2S/c1-14(7-8-17(2,15)16)10-11-9-12(11)3-5-13-6-4-12/h11,13H,3-10H2,1-2H3. The fourth-order valence-corrected chi connectivity index (χ4v) is 3.66. The number of nitrogens with one attached hydrogen (secondary N) is 1. The molecule has 0 bridgehead atoms. The molecule has 1 spiro atoms. The highest BCUT2D eigenvalue weighted by Crippen LogP contribution is 2.58. The summed E-state index contributed by atoms with van der Waals surface area (Å²) in [4.78, 5) is 2.18. The molecule has 1 saturated carbocycles. The van der Waals surface area contributed by atoms with E-state index < -0.39 is 9.84 Å². The van der Waals surface area contributed by atoms with E-state index in [1.54, 1.807) is 0 Å². The van der Waals surface area contributed by atoms with Gasteiger partial charge < -0.3 is 10.2 Å². The lowest BCUT2D eigenvalue weighted by Crippen LogP contribution is -2.33. The van der Waals surface area contributed by atoms with Gasteiger partial charge in [-0.15, -0.1) is 0 Å². The lowest BCUT2D eigenvalue weighted by molar-refractivity contribution is 0.269. The Morgan fingerprint density at radius 1 is 1.35 bits per heavy atom. The monoisotopic (exact) mass is 260 g/mol. The van der Waals surface area contributed by atoms with Crippen LogP contribution in [0.3, 0.4) is 0 Å². The molecule has 0 amide bonds. The number of sulfone groups is 1. The predicted octanol–water partition coefficient (Wildman–Crippen LogP) is 0.353. The second-order valence-electron chi connectivity index (χ2n) is 5.91. The highest BCUT2D eigenvalue weighted by molar-refractivity contribution is 7.90. The molecule has 1 heterocycles. The van der Waals surface area contributed by atoms with Gasteiger partial charge in [-0.25, -0.2) is 8.42 Å². The van der Waals surface area contributed by atoms with Gasteiger partial charge in [0.05, 0.1) is 5.75 Å². The van der Waals surface area contributed by atoms with Crippen molar-refractivity contribution in [3.63, 3.8) is 0 Å². The SMILES string of the molecule is CN(CCS(C)(=O)=O)CC1CC12CCNCC2. The van der Waals surface area contributed by atoms with Crippen LogP contribution in [0.4, 0.5) is 0 Å². The summed E-state index contributed by atoms with van der Waals surface area (Å²) in [6.45, 7) is 4.05. The van der Waals surface area contributed by atoms with Gasteiger partial charge >= 0.3 is 0 Å². The van der Waals surface area contributed by atoms with Crippen LogP contribution in [0, 0.1) is 11.3 Å². The number of hydrogen-bond acceptors (Lipinski definition) is 4. The molecule has 0 aromatic carbocycles. The average molecular weight is 260 g/mol. The second kappa shape index (κ2) is 4.86. The van der Waals surface area contributed by atoms with Crippen molar-refractivity contribution in [1.82, 2.24) is 10.2 Å². The summed E-state index contributed by atoms with van der Waals surface area (Å²) >= 11 is 0. The Labute approximate surface area is 105 Å². The summed E-state index contributed by atoms with van der Waals surface area (Å²) in [6.07, 6.45) is 5.26. The van der Waals surface area contributed by atoms with Gasteiger partial charge in [-0.1, -0.05) is 0 Å². The summed E-state index contributed by atoms with van der Waals surface area (Å²) < 4.78 is 22.2. The van der Waals surface area contributed by atoms with Crippen LogP contribution in [-0.2, 0) is 9.84 Å². The lowest BCUT2D eigenvalue weighted by Gasteiger charge is -2.25. The first-order valence-electron chi connectivity index (χ1n) is 6.48. The number of nitrogens with zero attached hydrogens (tertiary/aromatic N) is 1. The third-order valence-corrected chi connectivity index (χ3v) is 5.26. The zero-order valence-electron chi connectivity index (χ0n) is 10.9. The predicted molar refractivity (Wildman–Crippen MR) is 69.9 cm³/mol. The van der Waals surface area contributed by atoms with E-state index in [0.717, 1.165) is 25.6 Å². The van der Waals surface area contributed by atoms with Crippen molar-refractivity contribution in [2.75, 3.05) is 45.2 Å². The van der Waals surface area contributed by atoms with Crippen molar-refractivity contribution in [3.05, 3.63) is 0 Å².